The van der Waals surface area contributed by atoms with Gasteiger partial charge in [0, 0.05) is 0 Å². The number of carboxylic acids is 1. The van der Waals surface area contributed by atoms with Crippen molar-refractivity contribution in [2.24, 2.45) is 5.92 Å². The Kier molecular flexibility index (Phi) is 2.21. The predicted molar refractivity (Wildman–Crippen MR) is 50.4 cm³/mol. The summed E-state index contributed by atoms with van der Waals surface area (Å²) < 4.78 is 0. The molecule has 2 heteroatoms. The van der Waals surface area contributed by atoms with E-state index >= 15 is 0 Å². The molecule has 70 valence electrons. The molecule has 0 radical (unpaired) electrons. The van der Waals surface area contributed by atoms with Crippen molar-refractivity contribution in [1.82, 2.24) is 0 Å². The van der Waals surface area contributed by atoms with Crippen LogP contribution in [-0.2, 0) is 4.79 Å². The molecule has 1 N–H and O–H groups in total. The van der Waals surface area contributed by atoms with Gasteiger partial charge in [-0.2, -0.15) is 0 Å². The molecule has 0 saturated heterocycles. The first-order chi connectivity index (χ1) is 6.27. The molecule has 0 saturated carbocycles. The average molecular weight is 178 g/mol. The second-order valence-corrected chi connectivity index (χ2v) is 3.84. The monoisotopic (exact) mass is 178 g/mol. The van der Waals surface area contributed by atoms with Gasteiger partial charge < -0.3 is 5.11 Å². The second kappa shape index (κ2) is 3.36. The number of carbonyl (C=O) groups is 1. The summed E-state index contributed by atoms with van der Waals surface area (Å²) in [6, 6.07) is 0. The molecular weight excluding hydrogens is 164 g/mol. The number of aliphatic carboxylic acids is 1. The molecular formula is C11H14O2. The summed E-state index contributed by atoms with van der Waals surface area (Å²) >= 11 is 0. The van der Waals surface area contributed by atoms with Crippen molar-refractivity contribution in [3.8, 4) is 0 Å². The molecule has 2 nitrogen and oxygen atoms in total. The minimum Gasteiger partial charge on any atom is -0.481 e. The summed E-state index contributed by atoms with van der Waals surface area (Å²) in [7, 11) is 0. The highest BCUT2D eigenvalue weighted by Crippen LogP contribution is 2.33. The summed E-state index contributed by atoms with van der Waals surface area (Å²) in [5.41, 5.74) is 2.80. The zero-order chi connectivity index (χ0) is 9.26. The molecule has 2 rings (SSSR count). The number of allylic oxidation sites excluding steroid dienone is 3. The highest BCUT2D eigenvalue weighted by atomic mass is 16.4. The van der Waals surface area contributed by atoms with Gasteiger partial charge in [-0.05, 0) is 37.7 Å². The van der Waals surface area contributed by atoms with Gasteiger partial charge in [0.05, 0.1) is 5.92 Å². The van der Waals surface area contributed by atoms with E-state index in [1.807, 2.05) is 12.2 Å². The van der Waals surface area contributed by atoms with E-state index in [4.69, 9.17) is 5.11 Å². The van der Waals surface area contributed by atoms with Crippen LogP contribution in [0.3, 0.4) is 0 Å². The van der Waals surface area contributed by atoms with Crippen molar-refractivity contribution in [3.05, 3.63) is 23.3 Å². The fourth-order valence-corrected chi connectivity index (χ4v) is 2.16. The number of carboxylic acid groups (broad SMARTS) is 1. The first-order valence-corrected chi connectivity index (χ1v) is 4.89. The van der Waals surface area contributed by atoms with Crippen LogP contribution in [0.25, 0.3) is 0 Å². The average Bonchev–Trinajstić information content (AvgIpc) is 2.17. The fraction of sp³-hybridized carbons (Fsp3) is 0.545. The molecule has 0 aromatic carbocycles. The van der Waals surface area contributed by atoms with Crippen LogP contribution in [0.5, 0.6) is 0 Å². The van der Waals surface area contributed by atoms with Gasteiger partial charge in [0.1, 0.15) is 0 Å². The molecule has 0 aliphatic heterocycles. The van der Waals surface area contributed by atoms with Crippen LogP contribution in [0.2, 0.25) is 0 Å². The Balaban J connectivity index is 2.15. The van der Waals surface area contributed by atoms with Crippen molar-refractivity contribution < 1.29 is 9.90 Å². The summed E-state index contributed by atoms with van der Waals surface area (Å²) in [6.07, 6.45) is 9.38. The van der Waals surface area contributed by atoms with Crippen molar-refractivity contribution in [3.63, 3.8) is 0 Å². The molecule has 1 atom stereocenters. The Labute approximate surface area is 78.0 Å². The molecule has 0 amide bonds. The Hall–Kier alpha value is -1.05. The minimum atomic E-state index is -0.687. The summed E-state index contributed by atoms with van der Waals surface area (Å²) in [5, 5.41) is 8.85. The Morgan fingerprint density at radius 2 is 2.15 bits per heavy atom. The van der Waals surface area contributed by atoms with E-state index in [0.717, 1.165) is 19.3 Å². The van der Waals surface area contributed by atoms with E-state index in [9.17, 15) is 4.79 Å². The lowest BCUT2D eigenvalue weighted by Crippen LogP contribution is -2.16. The topological polar surface area (TPSA) is 37.3 Å². The van der Waals surface area contributed by atoms with Crippen molar-refractivity contribution >= 4 is 5.97 Å². The normalized spacial score (nSPS) is 27.2. The molecule has 0 heterocycles. The van der Waals surface area contributed by atoms with Gasteiger partial charge in [-0.1, -0.05) is 17.7 Å². The predicted octanol–water partition coefficient (Wildman–Crippen LogP) is 2.52. The smallest absolute Gasteiger partial charge is 0.310 e. The maximum atomic E-state index is 10.8. The van der Waals surface area contributed by atoms with Crippen molar-refractivity contribution in [2.75, 3.05) is 0 Å². The quantitative estimate of drug-likeness (QED) is 0.669. The third-order valence-electron chi connectivity index (χ3n) is 2.94. The fourth-order valence-electron chi connectivity index (χ4n) is 2.16. The maximum Gasteiger partial charge on any atom is 0.310 e. The summed E-state index contributed by atoms with van der Waals surface area (Å²) in [6.45, 7) is 0. The van der Waals surface area contributed by atoms with Crippen LogP contribution in [-0.4, -0.2) is 11.1 Å². The van der Waals surface area contributed by atoms with E-state index in [-0.39, 0.29) is 5.92 Å². The van der Waals surface area contributed by atoms with Gasteiger partial charge in [0.2, 0.25) is 0 Å². The van der Waals surface area contributed by atoms with E-state index in [1.165, 1.54) is 24.0 Å². The number of rotatable bonds is 1. The SMILES string of the molecule is O=C(O)C1C=CC2=C(CCCC2)C1. The Morgan fingerprint density at radius 1 is 1.38 bits per heavy atom. The molecule has 0 fully saturated rings. The first kappa shape index (κ1) is 8.54. The highest BCUT2D eigenvalue weighted by molar-refractivity contribution is 5.73. The zero-order valence-corrected chi connectivity index (χ0v) is 7.62. The molecule has 0 aromatic heterocycles. The Morgan fingerprint density at radius 3 is 2.92 bits per heavy atom. The van der Waals surface area contributed by atoms with Gasteiger partial charge in [-0.25, -0.2) is 0 Å². The molecule has 13 heavy (non-hydrogen) atoms. The van der Waals surface area contributed by atoms with Crippen LogP contribution >= 0.6 is 0 Å². The Bertz CT molecular complexity index is 286. The van der Waals surface area contributed by atoms with Crippen LogP contribution in [0.4, 0.5) is 0 Å². The summed E-state index contributed by atoms with van der Waals surface area (Å²) in [4.78, 5) is 10.8. The third-order valence-corrected chi connectivity index (χ3v) is 2.94. The highest BCUT2D eigenvalue weighted by Gasteiger charge is 2.22. The molecule has 0 bridgehead atoms. The lowest BCUT2D eigenvalue weighted by atomic mass is 9.82. The zero-order valence-electron chi connectivity index (χ0n) is 7.62. The largest absolute Gasteiger partial charge is 0.481 e. The first-order valence-electron chi connectivity index (χ1n) is 4.89. The third kappa shape index (κ3) is 1.67. The van der Waals surface area contributed by atoms with Gasteiger partial charge in [-0.15, -0.1) is 0 Å². The van der Waals surface area contributed by atoms with Gasteiger partial charge in [0.25, 0.3) is 0 Å². The summed E-state index contributed by atoms with van der Waals surface area (Å²) in [5.74, 6) is -0.953. The maximum absolute atomic E-state index is 10.8. The van der Waals surface area contributed by atoms with Crippen molar-refractivity contribution in [2.45, 2.75) is 32.1 Å². The van der Waals surface area contributed by atoms with E-state index in [2.05, 4.69) is 0 Å². The van der Waals surface area contributed by atoms with Crippen LogP contribution in [0.15, 0.2) is 23.3 Å². The standard InChI is InChI=1S/C11H14O2/c12-11(13)10-6-5-8-3-1-2-4-9(8)7-10/h5-6,10H,1-4,7H2,(H,12,13). The number of hydrogen-bond donors (Lipinski definition) is 1. The van der Waals surface area contributed by atoms with Crippen LogP contribution in [0, 0.1) is 5.92 Å². The lowest BCUT2D eigenvalue weighted by molar-refractivity contribution is -0.140. The molecule has 2 aliphatic carbocycles. The second-order valence-electron chi connectivity index (χ2n) is 3.84. The van der Waals surface area contributed by atoms with Gasteiger partial charge >= 0.3 is 5.97 Å². The molecule has 0 aromatic rings. The molecule has 0 spiro atoms. The lowest BCUT2D eigenvalue weighted by Gasteiger charge is -2.23. The van der Waals surface area contributed by atoms with Crippen LogP contribution in [0.1, 0.15) is 32.1 Å². The number of hydrogen-bond acceptors (Lipinski definition) is 1. The molecule has 1 unspecified atom stereocenters. The molecule has 2 aliphatic rings. The van der Waals surface area contributed by atoms with E-state index < -0.39 is 5.97 Å². The van der Waals surface area contributed by atoms with Crippen LogP contribution < -0.4 is 0 Å². The van der Waals surface area contributed by atoms with Gasteiger partial charge in [-0.3, -0.25) is 4.79 Å². The van der Waals surface area contributed by atoms with E-state index in [1.54, 1.807) is 0 Å². The van der Waals surface area contributed by atoms with Crippen molar-refractivity contribution in [1.29, 1.82) is 0 Å². The van der Waals surface area contributed by atoms with Gasteiger partial charge in [0.15, 0.2) is 0 Å². The van der Waals surface area contributed by atoms with E-state index in [0.29, 0.717) is 0 Å². The minimum absolute atomic E-state index is 0.267.